The molecule has 1 heterocycles. The second-order valence-electron chi connectivity index (χ2n) is 8.33. The van der Waals surface area contributed by atoms with E-state index in [2.05, 4.69) is 41.9 Å². The zero-order valence-corrected chi connectivity index (χ0v) is 18.9. The van der Waals surface area contributed by atoms with E-state index < -0.39 is 0 Å². The highest BCUT2D eigenvalue weighted by Gasteiger charge is 2.33. The number of nitrogens with one attached hydrogen (secondary N) is 1. The molecule has 1 atom stereocenters. The maximum Gasteiger partial charge on any atom is 0.224 e. The number of pyridine rings is 1. The second-order valence-corrected chi connectivity index (χ2v) is 9.14. The summed E-state index contributed by atoms with van der Waals surface area (Å²) in [7, 11) is 0. The average molecular weight is 439 g/mol. The number of aromatic nitrogens is 1. The lowest BCUT2D eigenvalue weighted by atomic mass is 9.99. The van der Waals surface area contributed by atoms with Crippen molar-refractivity contribution in [1.29, 1.82) is 0 Å². The van der Waals surface area contributed by atoms with Crippen molar-refractivity contribution >= 4 is 28.6 Å². The molecular formula is C28H26N2OS. The van der Waals surface area contributed by atoms with Crippen molar-refractivity contribution in [3.63, 3.8) is 0 Å². The van der Waals surface area contributed by atoms with E-state index in [1.807, 2.05) is 54.6 Å². The Hall–Kier alpha value is -3.11. The smallest absolute Gasteiger partial charge is 0.224 e. The van der Waals surface area contributed by atoms with E-state index in [-0.39, 0.29) is 11.9 Å². The summed E-state index contributed by atoms with van der Waals surface area (Å²) >= 11 is 1.67. The van der Waals surface area contributed by atoms with Crippen LogP contribution in [0.15, 0.2) is 89.8 Å². The van der Waals surface area contributed by atoms with Gasteiger partial charge in [0.15, 0.2) is 0 Å². The molecule has 32 heavy (non-hydrogen) atoms. The van der Waals surface area contributed by atoms with Crippen molar-refractivity contribution in [2.24, 2.45) is 5.92 Å². The third-order valence-corrected chi connectivity index (χ3v) is 6.96. The van der Waals surface area contributed by atoms with Crippen LogP contribution in [0.2, 0.25) is 0 Å². The van der Waals surface area contributed by atoms with Crippen LogP contribution in [0.25, 0.3) is 22.2 Å². The standard InChI is InChI=1S/C28H26N2OS/c1-32-28-23(18-25(31)30-26(21-16-17-21)19-10-4-2-5-11-19)22-14-8-9-15-24(22)29-27(28)20-12-6-3-7-13-20/h2-15,21,26H,16-18H2,1H3,(H,30,31). The Morgan fingerprint density at radius 1 is 0.969 bits per heavy atom. The van der Waals surface area contributed by atoms with Gasteiger partial charge in [0.2, 0.25) is 5.91 Å². The van der Waals surface area contributed by atoms with Gasteiger partial charge in [-0.05, 0) is 42.2 Å². The summed E-state index contributed by atoms with van der Waals surface area (Å²) in [6.45, 7) is 0. The van der Waals surface area contributed by atoms with E-state index in [4.69, 9.17) is 4.98 Å². The molecule has 0 radical (unpaired) electrons. The second kappa shape index (κ2) is 9.17. The maximum absolute atomic E-state index is 13.3. The number of nitrogens with zero attached hydrogens (tertiary/aromatic N) is 1. The minimum Gasteiger partial charge on any atom is -0.349 e. The summed E-state index contributed by atoms with van der Waals surface area (Å²) in [5, 5.41) is 4.40. The number of hydrogen-bond acceptors (Lipinski definition) is 3. The van der Waals surface area contributed by atoms with Crippen LogP contribution in [0.5, 0.6) is 0 Å². The first-order valence-corrected chi connectivity index (χ1v) is 12.3. The molecule has 1 N–H and O–H groups in total. The van der Waals surface area contributed by atoms with Gasteiger partial charge in [0, 0.05) is 15.8 Å². The van der Waals surface area contributed by atoms with Gasteiger partial charge in [-0.1, -0.05) is 78.9 Å². The summed E-state index contributed by atoms with van der Waals surface area (Å²) in [5.41, 5.74) is 5.19. The summed E-state index contributed by atoms with van der Waals surface area (Å²) < 4.78 is 0. The number of rotatable bonds is 7. The molecule has 3 nitrogen and oxygen atoms in total. The lowest BCUT2D eigenvalue weighted by molar-refractivity contribution is -0.121. The third-order valence-electron chi connectivity index (χ3n) is 6.11. The Morgan fingerprint density at radius 2 is 1.62 bits per heavy atom. The van der Waals surface area contributed by atoms with Crippen molar-refractivity contribution in [1.82, 2.24) is 10.3 Å². The number of carbonyl (C=O) groups excluding carboxylic acids is 1. The van der Waals surface area contributed by atoms with Gasteiger partial charge in [-0.15, -0.1) is 11.8 Å². The number of amides is 1. The minimum absolute atomic E-state index is 0.0661. The molecule has 5 rings (SSSR count). The molecule has 1 aliphatic rings. The van der Waals surface area contributed by atoms with Gasteiger partial charge in [0.1, 0.15) is 0 Å². The largest absolute Gasteiger partial charge is 0.349 e. The summed E-state index contributed by atoms with van der Waals surface area (Å²) in [6.07, 6.45) is 4.75. The number of hydrogen-bond donors (Lipinski definition) is 1. The monoisotopic (exact) mass is 438 g/mol. The number of fused-ring (bicyclic) bond motifs is 1. The van der Waals surface area contributed by atoms with E-state index in [0.29, 0.717) is 12.3 Å². The molecule has 0 aliphatic heterocycles. The lowest BCUT2D eigenvalue weighted by Crippen LogP contribution is -2.31. The lowest BCUT2D eigenvalue weighted by Gasteiger charge is -2.20. The fourth-order valence-corrected chi connectivity index (χ4v) is 5.18. The van der Waals surface area contributed by atoms with E-state index in [1.165, 1.54) is 18.4 Å². The molecule has 160 valence electrons. The molecule has 1 aliphatic carbocycles. The molecule has 4 aromatic rings. The van der Waals surface area contributed by atoms with Crippen molar-refractivity contribution < 1.29 is 4.79 Å². The molecule has 0 bridgehead atoms. The summed E-state index contributed by atoms with van der Waals surface area (Å²) in [6, 6.07) is 28.8. The van der Waals surface area contributed by atoms with E-state index in [9.17, 15) is 4.79 Å². The van der Waals surface area contributed by atoms with Crippen LogP contribution in [-0.2, 0) is 11.2 Å². The molecule has 1 fully saturated rings. The molecule has 0 spiro atoms. The highest BCUT2D eigenvalue weighted by molar-refractivity contribution is 7.98. The van der Waals surface area contributed by atoms with E-state index in [0.717, 1.165) is 32.6 Å². The SMILES string of the molecule is CSc1c(-c2ccccc2)nc2ccccc2c1CC(=O)NC(c1ccccc1)C1CC1. The van der Waals surface area contributed by atoms with Crippen molar-refractivity contribution in [2.45, 2.75) is 30.2 Å². The van der Waals surface area contributed by atoms with Crippen molar-refractivity contribution in [2.75, 3.05) is 6.26 Å². The van der Waals surface area contributed by atoms with Gasteiger partial charge < -0.3 is 5.32 Å². The van der Waals surface area contributed by atoms with Crippen LogP contribution in [0.4, 0.5) is 0 Å². The van der Waals surface area contributed by atoms with Gasteiger partial charge in [0.05, 0.1) is 23.7 Å². The Kier molecular flexibility index (Phi) is 5.95. The molecule has 3 aromatic carbocycles. The molecule has 1 unspecified atom stereocenters. The Morgan fingerprint density at radius 3 is 2.31 bits per heavy atom. The topological polar surface area (TPSA) is 42.0 Å². The minimum atomic E-state index is 0.0661. The summed E-state index contributed by atoms with van der Waals surface area (Å²) in [5.74, 6) is 0.604. The quantitative estimate of drug-likeness (QED) is 0.338. The fourth-order valence-electron chi connectivity index (χ4n) is 4.40. The van der Waals surface area contributed by atoms with Crippen molar-refractivity contribution in [3.05, 3.63) is 96.1 Å². The van der Waals surface area contributed by atoms with Crippen molar-refractivity contribution in [3.8, 4) is 11.3 Å². The van der Waals surface area contributed by atoms with Gasteiger partial charge in [-0.3, -0.25) is 4.79 Å². The van der Waals surface area contributed by atoms with E-state index >= 15 is 0 Å². The Bertz CT molecular complexity index is 1240. The summed E-state index contributed by atoms with van der Waals surface area (Å²) in [4.78, 5) is 19.4. The molecule has 0 saturated heterocycles. The number of carbonyl (C=O) groups is 1. The van der Waals surface area contributed by atoms with Crippen LogP contribution in [-0.4, -0.2) is 17.1 Å². The van der Waals surface area contributed by atoms with Gasteiger partial charge >= 0.3 is 0 Å². The molecule has 1 amide bonds. The molecule has 1 aromatic heterocycles. The first-order valence-electron chi connectivity index (χ1n) is 11.1. The fraction of sp³-hybridized carbons (Fsp3) is 0.214. The zero-order valence-electron chi connectivity index (χ0n) is 18.1. The predicted octanol–water partition coefficient (Wildman–Crippen LogP) is 6.43. The number of para-hydroxylation sites is 1. The van der Waals surface area contributed by atoms with Gasteiger partial charge in [-0.2, -0.15) is 0 Å². The van der Waals surface area contributed by atoms with E-state index in [1.54, 1.807) is 11.8 Å². The van der Waals surface area contributed by atoms with Gasteiger partial charge in [0.25, 0.3) is 0 Å². The predicted molar refractivity (Wildman–Crippen MR) is 133 cm³/mol. The van der Waals surface area contributed by atoms with Crippen LogP contribution < -0.4 is 5.32 Å². The molecule has 4 heteroatoms. The average Bonchev–Trinajstić information content (AvgIpc) is 3.69. The zero-order chi connectivity index (χ0) is 21.9. The third kappa shape index (κ3) is 4.28. The highest BCUT2D eigenvalue weighted by atomic mass is 32.2. The van der Waals surface area contributed by atoms with Crippen LogP contribution in [0.1, 0.15) is 30.0 Å². The molecular weight excluding hydrogens is 412 g/mol. The highest BCUT2D eigenvalue weighted by Crippen LogP contribution is 2.41. The number of benzene rings is 3. The van der Waals surface area contributed by atoms with Gasteiger partial charge in [-0.25, -0.2) is 4.98 Å². The van der Waals surface area contributed by atoms with Crippen LogP contribution >= 0.6 is 11.8 Å². The first-order chi connectivity index (χ1) is 15.7. The van der Waals surface area contributed by atoms with Crippen LogP contribution in [0.3, 0.4) is 0 Å². The Labute approximate surface area is 193 Å². The Balaban J connectivity index is 1.52. The number of thioether (sulfide) groups is 1. The normalized spacial score (nSPS) is 14.3. The first kappa shape index (κ1) is 20.8. The molecule has 1 saturated carbocycles. The van der Waals surface area contributed by atoms with Crippen LogP contribution in [0, 0.1) is 5.92 Å². The maximum atomic E-state index is 13.3.